The maximum absolute atomic E-state index is 13.6. The van der Waals surface area contributed by atoms with Crippen molar-refractivity contribution in [1.29, 1.82) is 0 Å². The van der Waals surface area contributed by atoms with Gasteiger partial charge in [0.05, 0.1) is 24.7 Å². The summed E-state index contributed by atoms with van der Waals surface area (Å²) in [6.07, 6.45) is -6.08. The normalized spacial score (nSPS) is 36.4. The van der Waals surface area contributed by atoms with Crippen LogP contribution in [-0.2, 0) is 60.6 Å². The molecule has 18 nitrogen and oxygen atoms in total. The maximum Gasteiger partial charge on any atom is 0.407 e. The zero-order chi connectivity index (χ0) is 40.9. The number of aliphatic hydroxyl groups is 1. The average molecular weight is 812 g/mol. The van der Waals surface area contributed by atoms with Crippen LogP contribution in [0, 0.1) is 0 Å². The summed E-state index contributed by atoms with van der Waals surface area (Å²) in [5.74, 6) is -3.92. The summed E-state index contributed by atoms with van der Waals surface area (Å²) >= 11 is 0. The van der Waals surface area contributed by atoms with Gasteiger partial charge in [-0.05, 0) is 49.8 Å². The minimum absolute atomic E-state index is 0.00219. The monoisotopic (exact) mass is 811 g/mol. The van der Waals surface area contributed by atoms with E-state index in [0.29, 0.717) is 12.8 Å². The second-order valence-corrected chi connectivity index (χ2v) is 15.5. The number of methoxy groups -OCH3 is 2. The summed E-state index contributed by atoms with van der Waals surface area (Å²) in [5, 5.41) is 21.6. The van der Waals surface area contributed by atoms with Crippen molar-refractivity contribution in [2.75, 3.05) is 20.8 Å². The fraction of sp³-hybridized carbons (Fsp3) is 0.650. The number of benzene rings is 2. The predicted molar refractivity (Wildman–Crippen MR) is 201 cm³/mol. The number of ether oxygens (including phenoxy) is 10. The van der Waals surface area contributed by atoms with Gasteiger partial charge in [-0.2, -0.15) is 0 Å². The van der Waals surface area contributed by atoms with Gasteiger partial charge in [-0.3, -0.25) is 0 Å². The molecule has 0 radical (unpaired) electrons. The minimum Gasteiger partial charge on any atom is -0.445 e. The maximum atomic E-state index is 13.6. The topological polar surface area (TPSA) is 219 Å². The lowest BCUT2D eigenvalue weighted by Gasteiger charge is -2.57. The van der Waals surface area contributed by atoms with E-state index >= 15 is 0 Å². The molecule has 3 N–H and O–H groups in total. The van der Waals surface area contributed by atoms with Gasteiger partial charge >= 0.3 is 12.2 Å². The number of nitrogens with one attached hydrogen (secondary N) is 2. The quantitative estimate of drug-likeness (QED) is 0.150. The largest absolute Gasteiger partial charge is 0.445 e. The van der Waals surface area contributed by atoms with Gasteiger partial charge in [-0.25, -0.2) is 9.59 Å². The van der Waals surface area contributed by atoms with E-state index in [2.05, 4.69) is 20.7 Å². The highest BCUT2D eigenvalue weighted by atomic mass is 16.8. The SMILES string of the molecule is CO[C@@]1(C)O[C@@H]2[C@H](O)[C@@H](O[C@H]3[C@@H]4OC5(CCCCC5)O[C@H]4[C@H](NC(=O)OCc4ccccc4)C[C@@H]3NC(=O)OCc3ccccc3)O[C@H](CN=[N+]=[N-])[C@H]2O[C@]1(C)OC. The van der Waals surface area contributed by atoms with Crippen molar-refractivity contribution in [1.82, 2.24) is 10.6 Å². The third-order valence-electron chi connectivity index (χ3n) is 11.9. The molecule has 316 valence electrons. The van der Waals surface area contributed by atoms with E-state index in [9.17, 15) is 20.2 Å². The molecule has 3 heterocycles. The number of nitrogens with zero attached hydrogens (tertiary/aromatic N) is 3. The van der Waals surface area contributed by atoms with Crippen LogP contribution in [-0.4, -0.2) is 117 Å². The number of rotatable bonds is 12. The molecule has 5 aliphatic rings. The standard InChI is InChI=1S/C40H53N5O13/c1-38(49-3)39(2,50-4)56-33-29(46)35(53-28(21-42-45-41)32(33)55-38)54-30-26(43-36(47)51-22-24-14-8-5-9-15-24)20-27(44-37(48)52-23-25-16-10-6-11-17-25)31-34(30)58-40(57-31)18-12-7-13-19-40/h5-6,8-11,14-17,26-35,46H,7,12-13,18-23H2,1-4H3,(H,43,47)(H,44,48)/t26-,27+,28+,29-,30+,31-,32+,33+,34-,35+,38-,39-/m0/s1. The molecule has 2 aromatic rings. The van der Waals surface area contributed by atoms with E-state index in [1.165, 1.54) is 14.2 Å². The molecule has 7 rings (SSSR count). The lowest BCUT2D eigenvalue weighted by molar-refractivity contribution is -0.479. The van der Waals surface area contributed by atoms with Crippen LogP contribution in [0.15, 0.2) is 65.8 Å². The summed E-state index contributed by atoms with van der Waals surface area (Å²) < 4.78 is 62.1. The molecule has 2 aromatic carbocycles. The molecule has 3 aliphatic heterocycles. The Morgan fingerprint density at radius 3 is 1.91 bits per heavy atom. The highest BCUT2D eigenvalue weighted by Gasteiger charge is 2.64. The number of hydrogen-bond donors (Lipinski definition) is 3. The van der Waals surface area contributed by atoms with Crippen molar-refractivity contribution < 1.29 is 62.1 Å². The molecule has 0 unspecified atom stereocenters. The van der Waals surface area contributed by atoms with Crippen LogP contribution in [0.25, 0.3) is 10.4 Å². The van der Waals surface area contributed by atoms with Gasteiger partial charge in [0.25, 0.3) is 0 Å². The van der Waals surface area contributed by atoms with E-state index in [0.717, 1.165) is 30.4 Å². The first-order chi connectivity index (χ1) is 28.0. The Bertz CT molecular complexity index is 1750. The Morgan fingerprint density at radius 1 is 0.793 bits per heavy atom. The van der Waals surface area contributed by atoms with E-state index in [4.69, 9.17) is 47.4 Å². The zero-order valence-electron chi connectivity index (χ0n) is 33.1. The summed E-state index contributed by atoms with van der Waals surface area (Å²) in [6, 6.07) is 16.9. The molecule has 2 aliphatic carbocycles. The summed E-state index contributed by atoms with van der Waals surface area (Å²) in [7, 11) is 2.86. The summed E-state index contributed by atoms with van der Waals surface area (Å²) in [5.41, 5.74) is 10.9. The predicted octanol–water partition coefficient (Wildman–Crippen LogP) is 4.72. The van der Waals surface area contributed by atoms with Crippen LogP contribution in [0.3, 0.4) is 0 Å². The lowest BCUT2D eigenvalue weighted by atomic mass is 9.83. The molecule has 3 saturated heterocycles. The fourth-order valence-corrected chi connectivity index (χ4v) is 8.51. The molecular weight excluding hydrogens is 758 g/mol. The Kier molecular flexibility index (Phi) is 13.1. The minimum atomic E-state index is -1.50. The third kappa shape index (κ3) is 8.91. The molecule has 5 fully saturated rings. The van der Waals surface area contributed by atoms with Crippen molar-refractivity contribution in [3.63, 3.8) is 0 Å². The molecule has 0 aromatic heterocycles. The van der Waals surface area contributed by atoms with Crippen LogP contribution >= 0.6 is 0 Å². The van der Waals surface area contributed by atoms with Gasteiger partial charge in [-0.15, -0.1) is 0 Å². The summed E-state index contributed by atoms with van der Waals surface area (Å²) in [4.78, 5) is 29.8. The lowest BCUT2D eigenvalue weighted by Crippen LogP contribution is -2.73. The van der Waals surface area contributed by atoms with Gasteiger partial charge in [0.2, 0.25) is 11.6 Å². The van der Waals surface area contributed by atoms with Crippen molar-refractivity contribution in [3.05, 3.63) is 82.2 Å². The van der Waals surface area contributed by atoms with Crippen LogP contribution in [0.4, 0.5) is 9.59 Å². The number of carbonyl (C=O) groups excluding carboxylic acids is 2. The second-order valence-electron chi connectivity index (χ2n) is 15.5. The van der Waals surface area contributed by atoms with Gasteiger partial charge in [-0.1, -0.05) is 72.2 Å². The number of alkyl carbamates (subject to hydrolysis) is 2. The van der Waals surface area contributed by atoms with E-state index in [-0.39, 0.29) is 26.2 Å². The molecule has 18 heteroatoms. The first-order valence-corrected chi connectivity index (χ1v) is 19.7. The van der Waals surface area contributed by atoms with Crippen LogP contribution < -0.4 is 10.6 Å². The van der Waals surface area contributed by atoms with E-state index in [1.54, 1.807) is 13.8 Å². The Labute approximate surface area is 336 Å². The van der Waals surface area contributed by atoms with Crippen molar-refractivity contribution >= 4 is 12.2 Å². The number of azide groups is 1. The number of amides is 2. The van der Waals surface area contributed by atoms with Crippen molar-refractivity contribution in [3.8, 4) is 0 Å². The molecular formula is C40H53N5O13. The average Bonchev–Trinajstić information content (AvgIpc) is 3.61. The van der Waals surface area contributed by atoms with Crippen molar-refractivity contribution in [2.45, 2.75) is 144 Å². The smallest absolute Gasteiger partial charge is 0.407 e. The second kappa shape index (κ2) is 18.0. The molecule has 0 bridgehead atoms. The zero-order valence-corrected chi connectivity index (χ0v) is 33.1. The van der Waals surface area contributed by atoms with Crippen LogP contribution in [0.5, 0.6) is 0 Å². The fourth-order valence-electron chi connectivity index (χ4n) is 8.51. The molecule has 2 amide bonds. The van der Waals surface area contributed by atoms with Crippen molar-refractivity contribution in [2.24, 2.45) is 5.11 Å². The Morgan fingerprint density at radius 2 is 1.34 bits per heavy atom. The van der Waals surface area contributed by atoms with Crippen LogP contribution in [0.1, 0.15) is 63.5 Å². The number of hydrogen-bond acceptors (Lipinski definition) is 14. The summed E-state index contributed by atoms with van der Waals surface area (Å²) in [6.45, 7) is 3.08. The molecule has 2 saturated carbocycles. The number of fused-ring (bicyclic) bond motifs is 2. The van der Waals surface area contributed by atoms with Gasteiger partial charge < -0.3 is 63.1 Å². The third-order valence-corrected chi connectivity index (χ3v) is 11.9. The number of aliphatic hydroxyl groups excluding tert-OH is 1. The molecule has 12 atom stereocenters. The van der Waals surface area contributed by atoms with Gasteiger partial charge in [0.1, 0.15) is 49.8 Å². The molecule has 1 spiro atoms. The first-order valence-electron chi connectivity index (χ1n) is 19.7. The van der Waals surface area contributed by atoms with Crippen LogP contribution in [0.2, 0.25) is 0 Å². The Hall–Kier alpha value is -4.07. The highest BCUT2D eigenvalue weighted by molar-refractivity contribution is 5.69. The van der Waals surface area contributed by atoms with Gasteiger partial charge in [0, 0.05) is 32.0 Å². The van der Waals surface area contributed by atoms with E-state index in [1.807, 2.05) is 60.7 Å². The molecule has 58 heavy (non-hydrogen) atoms. The Balaban J connectivity index is 1.18. The number of carbonyl (C=O) groups is 2. The van der Waals surface area contributed by atoms with E-state index < -0.39 is 90.6 Å². The van der Waals surface area contributed by atoms with Gasteiger partial charge in [0.15, 0.2) is 12.1 Å². The highest BCUT2D eigenvalue weighted by Crippen LogP contribution is 2.48. The first kappa shape index (κ1) is 42.1.